The maximum absolute atomic E-state index is 5.56. The zero-order chi connectivity index (χ0) is 16.4. The predicted molar refractivity (Wildman–Crippen MR) is 88.4 cm³/mol. The van der Waals surface area contributed by atoms with Gasteiger partial charge in [0, 0.05) is 31.1 Å². The maximum Gasteiger partial charge on any atom is 0.244 e. The third kappa shape index (κ3) is 3.75. The van der Waals surface area contributed by atoms with Crippen molar-refractivity contribution < 1.29 is 9.26 Å². The van der Waals surface area contributed by atoms with Gasteiger partial charge in [-0.2, -0.15) is 4.98 Å². The van der Waals surface area contributed by atoms with Crippen molar-refractivity contribution in [2.24, 2.45) is 0 Å². The third-order valence-corrected chi connectivity index (χ3v) is 5.08. The van der Waals surface area contributed by atoms with Crippen LogP contribution in [0.5, 0.6) is 0 Å². The molecular weight excluding hydrogens is 292 g/mol. The van der Waals surface area contributed by atoms with Crippen molar-refractivity contribution in [2.45, 2.75) is 58.0 Å². The molecule has 0 amide bonds. The molecule has 130 valence electrons. The van der Waals surface area contributed by atoms with Gasteiger partial charge in [-0.25, -0.2) is 0 Å². The van der Waals surface area contributed by atoms with Gasteiger partial charge in [0.05, 0.1) is 19.3 Å². The fraction of sp³-hybridized carbons (Fsp3) is 0.882. The number of rotatable bonds is 5. The lowest BCUT2D eigenvalue weighted by Gasteiger charge is -2.43. The second kappa shape index (κ2) is 6.87. The summed E-state index contributed by atoms with van der Waals surface area (Å²) in [4.78, 5) is 9.69. The van der Waals surface area contributed by atoms with Crippen LogP contribution in [0.2, 0.25) is 0 Å². The van der Waals surface area contributed by atoms with Crippen LogP contribution in [0.4, 0.5) is 0 Å². The number of hydrogen-bond donors (Lipinski definition) is 0. The number of morpholine rings is 1. The highest BCUT2D eigenvalue weighted by molar-refractivity contribution is 5.01. The van der Waals surface area contributed by atoms with E-state index in [0.29, 0.717) is 5.92 Å². The smallest absolute Gasteiger partial charge is 0.244 e. The predicted octanol–water partition coefficient (Wildman–Crippen LogP) is 2.44. The summed E-state index contributed by atoms with van der Waals surface area (Å²) in [7, 11) is 0. The molecule has 1 atom stereocenters. The largest absolute Gasteiger partial charge is 0.379 e. The molecule has 3 rings (SSSR count). The Morgan fingerprint density at radius 1 is 1.22 bits per heavy atom. The minimum atomic E-state index is 0.132. The molecule has 0 unspecified atom stereocenters. The highest BCUT2D eigenvalue weighted by Crippen LogP contribution is 2.33. The first-order valence-electron chi connectivity index (χ1n) is 8.88. The van der Waals surface area contributed by atoms with Gasteiger partial charge in [-0.05, 0) is 33.2 Å². The number of nitrogens with zero attached hydrogens (tertiary/aromatic N) is 4. The molecule has 2 saturated heterocycles. The first kappa shape index (κ1) is 16.9. The zero-order valence-corrected chi connectivity index (χ0v) is 14.9. The van der Waals surface area contributed by atoms with E-state index in [9.17, 15) is 0 Å². The molecular formula is C17H30N4O2. The molecule has 2 aliphatic heterocycles. The Hall–Kier alpha value is -0.980. The molecule has 6 heteroatoms. The Bertz CT molecular complexity index is 508. The quantitative estimate of drug-likeness (QED) is 0.830. The second-order valence-corrected chi connectivity index (χ2v) is 7.69. The van der Waals surface area contributed by atoms with Crippen LogP contribution in [-0.4, -0.2) is 64.9 Å². The van der Waals surface area contributed by atoms with E-state index in [-0.39, 0.29) is 11.6 Å². The molecule has 0 spiro atoms. The minimum Gasteiger partial charge on any atom is -0.379 e. The monoisotopic (exact) mass is 322 g/mol. The Morgan fingerprint density at radius 2 is 1.96 bits per heavy atom. The summed E-state index contributed by atoms with van der Waals surface area (Å²) in [5.41, 5.74) is 0.132. The molecule has 3 heterocycles. The molecule has 1 aromatic rings. The van der Waals surface area contributed by atoms with Crippen LogP contribution in [0, 0.1) is 0 Å². The summed E-state index contributed by atoms with van der Waals surface area (Å²) in [6.45, 7) is 14.7. The lowest BCUT2D eigenvalue weighted by molar-refractivity contribution is -0.0241. The van der Waals surface area contributed by atoms with E-state index in [1.807, 2.05) is 0 Å². The Kier molecular flexibility index (Phi) is 5.04. The van der Waals surface area contributed by atoms with Gasteiger partial charge in [0.15, 0.2) is 5.82 Å². The average Bonchev–Trinajstić information content (AvgIpc) is 3.16. The van der Waals surface area contributed by atoms with Gasteiger partial charge in [0.1, 0.15) is 0 Å². The van der Waals surface area contributed by atoms with Gasteiger partial charge >= 0.3 is 0 Å². The molecule has 0 N–H and O–H groups in total. The van der Waals surface area contributed by atoms with Gasteiger partial charge in [0.2, 0.25) is 5.89 Å². The molecule has 0 radical (unpaired) electrons. The number of hydrogen-bond acceptors (Lipinski definition) is 6. The minimum absolute atomic E-state index is 0.132. The van der Waals surface area contributed by atoms with Crippen LogP contribution in [0.3, 0.4) is 0 Å². The highest BCUT2D eigenvalue weighted by atomic mass is 16.5. The van der Waals surface area contributed by atoms with Crippen molar-refractivity contribution in [2.75, 3.05) is 39.4 Å². The summed E-state index contributed by atoms with van der Waals surface area (Å²) in [6, 6.07) is 0.273. The van der Waals surface area contributed by atoms with Gasteiger partial charge in [0.25, 0.3) is 0 Å². The summed E-state index contributed by atoms with van der Waals surface area (Å²) < 4.78 is 11.1. The van der Waals surface area contributed by atoms with Crippen LogP contribution in [-0.2, 0) is 4.74 Å². The van der Waals surface area contributed by atoms with E-state index in [2.05, 4.69) is 47.6 Å². The van der Waals surface area contributed by atoms with Crippen molar-refractivity contribution >= 4 is 0 Å². The van der Waals surface area contributed by atoms with Gasteiger partial charge in [-0.3, -0.25) is 9.80 Å². The normalized spacial score (nSPS) is 24.7. The summed E-state index contributed by atoms with van der Waals surface area (Å²) >= 11 is 0. The topological polar surface area (TPSA) is 54.6 Å². The van der Waals surface area contributed by atoms with Crippen LogP contribution < -0.4 is 0 Å². The maximum atomic E-state index is 5.56. The molecule has 0 aromatic carbocycles. The number of aromatic nitrogens is 2. The molecule has 0 aliphatic carbocycles. The first-order valence-corrected chi connectivity index (χ1v) is 8.88. The SMILES string of the molecule is CC(C)c1noc([C@@H]2CCCN2CC(C)(C)N2CCOCC2)n1. The fourth-order valence-electron chi connectivity index (χ4n) is 3.68. The van der Waals surface area contributed by atoms with E-state index < -0.39 is 0 Å². The molecule has 23 heavy (non-hydrogen) atoms. The van der Waals surface area contributed by atoms with Crippen LogP contribution in [0.25, 0.3) is 0 Å². The van der Waals surface area contributed by atoms with Crippen molar-refractivity contribution in [3.63, 3.8) is 0 Å². The second-order valence-electron chi connectivity index (χ2n) is 7.69. The first-order chi connectivity index (χ1) is 11.0. The third-order valence-electron chi connectivity index (χ3n) is 5.08. The van der Waals surface area contributed by atoms with Crippen LogP contribution >= 0.6 is 0 Å². The fourth-order valence-corrected chi connectivity index (χ4v) is 3.68. The highest BCUT2D eigenvalue weighted by Gasteiger charge is 2.37. The molecule has 2 aliphatic rings. The molecule has 1 aromatic heterocycles. The van der Waals surface area contributed by atoms with E-state index in [1.165, 1.54) is 6.42 Å². The van der Waals surface area contributed by atoms with Gasteiger partial charge in [-0.1, -0.05) is 19.0 Å². The Balaban J connectivity index is 1.68. The molecule has 2 fully saturated rings. The van der Waals surface area contributed by atoms with Crippen molar-refractivity contribution in [3.8, 4) is 0 Å². The molecule has 0 saturated carbocycles. The van der Waals surface area contributed by atoms with E-state index in [4.69, 9.17) is 9.26 Å². The van der Waals surface area contributed by atoms with E-state index in [0.717, 1.165) is 57.5 Å². The van der Waals surface area contributed by atoms with E-state index in [1.54, 1.807) is 0 Å². The Labute approximate surface area is 139 Å². The van der Waals surface area contributed by atoms with Crippen molar-refractivity contribution in [1.29, 1.82) is 0 Å². The zero-order valence-electron chi connectivity index (χ0n) is 14.9. The van der Waals surface area contributed by atoms with Crippen LogP contribution in [0.1, 0.15) is 64.2 Å². The number of ether oxygens (including phenoxy) is 1. The number of likely N-dealkylation sites (tertiary alicyclic amines) is 1. The summed E-state index contributed by atoms with van der Waals surface area (Å²) in [5, 5.41) is 4.14. The van der Waals surface area contributed by atoms with Crippen LogP contribution in [0.15, 0.2) is 4.52 Å². The summed E-state index contributed by atoms with van der Waals surface area (Å²) in [5.74, 6) is 1.93. The van der Waals surface area contributed by atoms with Gasteiger partial charge < -0.3 is 9.26 Å². The van der Waals surface area contributed by atoms with E-state index >= 15 is 0 Å². The molecule has 0 bridgehead atoms. The summed E-state index contributed by atoms with van der Waals surface area (Å²) in [6.07, 6.45) is 2.31. The van der Waals surface area contributed by atoms with Crippen molar-refractivity contribution in [1.82, 2.24) is 19.9 Å². The molecule has 6 nitrogen and oxygen atoms in total. The van der Waals surface area contributed by atoms with Crippen molar-refractivity contribution in [3.05, 3.63) is 11.7 Å². The lowest BCUT2D eigenvalue weighted by atomic mass is 10.0. The average molecular weight is 322 g/mol. The Morgan fingerprint density at radius 3 is 2.61 bits per heavy atom. The lowest BCUT2D eigenvalue weighted by Crippen LogP contribution is -2.55. The standard InChI is InChI=1S/C17H30N4O2/c1-13(2)15-18-16(23-19-15)14-6-5-7-20(14)12-17(3,4)21-8-10-22-11-9-21/h13-14H,5-12H2,1-4H3/t14-/m0/s1. The van der Waals surface area contributed by atoms with Gasteiger partial charge in [-0.15, -0.1) is 0 Å².